The Morgan fingerprint density at radius 1 is 1.10 bits per heavy atom. The van der Waals surface area contributed by atoms with Crippen LogP contribution in [0, 0.1) is 12.8 Å². The van der Waals surface area contributed by atoms with E-state index in [-0.39, 0.29) is 24.2 Å². The maximum Gasteiger partial charge on any atom is 0.225 e. The van der Waals surface area contributed by atoms with Gasteiger partial charge in [-0.3, -0.25) is 4.79 Å². The Balaban J connectivity index is 0.00000240. The molecule has 1 aliphatic carbocycles. The number of nitrogens with two attached hydrogens (primary N) is 1. The van der Waals surface area contributed by atoms with Gasteiger partial charge in [-0.2, -0.15) is 0 Å². The van der Waals surface area contributed by atoms with Gasteiger partial charge in [0, 0.05) is 23.6 Å². The van der Waals surface area contributed by atoms with Gasteiger partial charge in [0.2, 0.25) is 5.91 Å². The number of para-hydroxylation sites is 1. The zero-order valence-electron chi connectivity index (χ0n) is 17.1. The normalized spacial score (nSPS) is 15.8. The monoisotopic (exact) mass is 410 g/mol. The molecule has 0 spiro atoms. The average molecular weight is 411 g/mol. The molecule has 1 amide bonds. The van der Waals surface area contributed by atoms with Crippen LogP contribution in [0.15, 0.2) is 54.7 Å². The van der Waals surface area contributed by atoms with Crippen molar-refractivity contribution in [2.75, 3.05) is 0 Å². The molecule has 1 fully saturated rings. The van der Waals surface area contributed by atoms with Crippen LogP contribution < -0.4 is 5.73 Å². The van der Waals surface area contributed by atoms with Crippen LogP contribution in [0.1, 0.15) is 54.7 Å². The molecule has 1 saturated carbocycles. The lowest BCUT2D eigenvalue weighted by Crippen LogP contribution is -2.23. The largest absolute Gasteiger partial charge is 0.369 e. The van der Waals surface area contributed by atoms with Crippen molar-refractivity contribution in [1.82, 2.24) is 4.57 Å². The summed E-state index contributed by atoms with van der Waals surface area (Å²) in [7, 11) is 0. The zero-order chi connectivity index (χ0) is 19.5. The second-order valence-electron chi connectivity index (χ2n) is 8.41. The lowest BCUT2D eigenvalue weighted by atomic mass is 9.89. The Kier molecular flexibility index (Phi) is 7.02. The Morgan fingerprint density at radius 3 is 2.59 bits per heavy atom. The third-order valence-corrected chi connectivity index (χ3v) is 6.24. The number of carbonyl (C=O) groups is 1. The van der Waals surface area contributed by atoms with Gasteiger partial charge in [0.05, 0.1) is 5.92 Å². The molecule has 1 unspecified atom stereocenters. The fraction of sp³-hybridized carbons (Fsp3) is 0.400. The molecule has 0 bridgehead atoms. The predicted molar refractivity (Wildman–Crippen MR) is 123 cm³/mol. The van der Waals surface area contributed by atoms with Crippen LogP contribution in [0.25, 0.3) is 10.9 Å². The van der Waals surface area contributed by atoms with Crippen molar-refractivity contribution in [3.05, 3.63) is 71.4 Å². The third-order valence-electron chi connectivity index (χ3n) is 6.24. The summed E-state index contributed by atoms with van der Waals surface area (Å²) in [6, 6.07) is 16.8. The standard InChI is InChI=1S/C25H30N2O.ClH/c1-18-8-7-11-20(14-18)15-22(25(26)28)23-17-27(16-19-9-3-2-4-10-19)24-13-6-5-12-21(23)24;/h5-8,11-14,17,19,22H,2-4,9-10,15-16H2,1H3,(H2,26,28);1H. The highest BCUT2D eigenvalue weighted by Gasteiger charge is 2.24. The van der Waals surface area contributed by atoms with E-state index in [2.05, 4.69) is 66.2 Å². The molecule has 0 radical (unpaired) electrons. The summed E-state index contributed by atoms with van der Waals surface area (Å²) in [6.45, 7) is 3.12. The van der Waals surface area contributed by atoms with E-state index < -0.39 is 0 Å². The van der Waals surface area contributed by atoms with Crippen LogP contribution in [-0.2, 0) is 17.8 Å². The summed E-state index contributed by atoms with van der Waals surface area (Å²) >= 11 is 0. The van der Waals surface area contributed by atoms with Gasteiger partial charge in [-0.05, 0) is 49.3 Å². The molecule has 29 heavy (non-hydrogen) atoms. The maximum atomic E-state index is 12.4. The lowest BCUT2D eigenvalue weighted by Gasteiger charge is -2.22. The van der Waals surface area contributed by atoms with E-state index in [1.165, 1.54) is 43.2 Å². The topological polar surface area (TPSA) is 48.0 Å². The molecule has 4 rings (SSSR count). The molecule has 3 nitrogen and oxygen atoms in total. The first-order valence-electron chi connectivity index (χ1n) is 10.5. The summed E-state index contributed by atoms with van der Waals surface area (Å²) in [4.78, 5) is 12.4. The van der Waals surface area contributed by atoms with E-state index in [9.17, 15) is 4.79 Å². The molecule has 1 aromatic heterocycles. The van der Waals surface area contributed by atoms with E-state index in [0.29, 0.717) is 6.42 Å². The van der Waals surface area contributed by atoms with Crippen LogP contribution >= 0.6 is 12.4 Å². The van der Waals surface area contributed by atoms with Crippen LogP contribution in [0.5, 0.6) is 0 Å². The van der Waals surface area contributed by atoms with Crippen LogP contribution in [0.3, 0.4) is 0 Å². The Labute approximate surface area is 179 Å². The number of amides is 1. The molecule has 1 atom stereocenters. The van der Waals surface area contributed by atoms with Crippen LogP contribution in [-0.4, -0.2) is 10.5 Å². The highest BCUT2D eigenvalue weighted by Crippen LogP contribution is 2.33. The minimum atomic E-state index is -0.306. The first-order valence-corrected chi connectivity index (χ1v) is 10.5. The second-order valence-corrected chi connectivity index (χ2v) is 8.41. The predicted octanol–water partition coefficient (Wildman–Crippen LogP) is 5.76. The second kappa shape index (κ2) is 9.49. The van der Waals surface area contributed by atoms with E-state index in [0.717, 1.165) is 29.0 Å². The van der Waals surface area contributed by atoms with Crippen molar-refractivity contribution in [3.63, 3.8) is 0 Å². The Hall–Kier alpha value is -2.26. The van der Waals surface area contributed by atoms with Crippen molar-refractivity contribution < 1.29 is 4.79 Å². The van der Waals surface area contributed by atoms with Gasteiger partial charge in [0.1, 0.15) is 0 Å². The molecular weight excluding hydrogens is 380 g/mol. The van der Waals surface area contributed by atoms with Crippen molar-refractivity contribution in [3.8, 4) is 0 Å². The number of carbonyl (C=O) groups excluding carboxylic acids is 1. The van der Waals surface area contributed by atoms with E-state index in [1.807, 2.05) is 0 Å². The molecule has 4 heteroatoms. The van der Waals surface area contributed by atoms with Crippen molar-refractivity contribution in [1.29, 1.82) is 0 Å². The van der Waals surface area contributed by atoms with Crippen molar-refractivity contribution in [2.24, 2.45) is 11.7 Å². The highest BCUT2D eigenvalue weighted by molar-refractivity contribution is 5.92. The molecule has 0 saturated heterocycles. The first-order chi connectivity index (χ1) is 13.6. The van der Waals surface area contributed by atoms with E-state index >= 15 is 0 Å². The molecule has 0 aliphatic heterocycles. The Bertz CT molecular complexity index is 972. The van der Waals surface area contributed by atoms with Gasteiger partial charge >= 0.3 is 0 Å². The number of halogens is 1. The van der Waals surface area contributed by atoms with Gasteiger partial charge in [-0.15, -0.1) is 12.4 Å². The number of aromatic nitrogens is 1. The third kappa shape index (κ3) is 4.84. The highest BCUT2D eigenvalue weighted by atomic mass is 35.5. The molecular formula is C25H31ClN2O. The minimum Gasteiger partial charge on any atom is -0.369 e. The van der Waals surface area contributed by atoms with Crippen molar-refractivity contribution >= 4 is 29.2 Å². The van der Waals surface area contributed by atoms with Crippen molar-refractivity contribution in [2.45, 2.75) is 57.9 Å². The number of benzene rings is 2. The molecule has 1 aliphatic rings. The van der Waals surface area contributed by atoms with Gasteiger partial charge < -0.3 is 10.3 Å². The summed E-state index contributed by atoms with van der Waals surface area (Å²) in [5.74, 6) is 0.183. The number of hydrogen-bond donors (Lipinski definition) is 1. The van der Waals surface area contributed by atoms with E-state index in [1.54, 1.807) is 0 Å². The SMILES string of the molecule is Cc1cccc(CC(C(N)=O)c2cn(CC3CCCCC3)c3ccccc23)c1.Cl. The van der Waals surface area contributed by atoms with Crippen LogP contribution in [0.4, 0.5) is 0 Å². The molecule has 3 aromatic rings. The average Bonchev–Trinajstić information content (AvgIpc) is 3.05. The number of rotatable bonds is 6. The fourth-order valence-electron chi connectivity index (χ4n) is 4.79. The summed E-state index contributed by atoms with van der Waals surface area (Å²) in [5.41, 5.74) is 10.6. The van der Waals surface area contributed by atoms with Gasteiger partial charge in [0.25, 0.3) is 0 Å². The summed E-state index contributed by atoms with van der Waals surface area (Å²) < 4.78 is 2.37. The number of nitrogens with zero attached hydrogens (tertiary/aromatic N) is 1. The number of hydrogen-bond acceptors (Lipinski definition) is 1. The van der Waals surface area contributed by atoms with Gasteiger partial charge in [-0.25, -0.2) is 0 Å². The quantitative estimate of drug-likeness (QED) is 0.551. The number of primary amides is 1. The molecule has 2 aromatic carbocycles. The smallest absolute Gasteiger partial charge is 0.225 e. The number of aryl methyl sites for hydroxylation is 1. The zero-order valence-corrected chi connectivity index (χ0v) is 18.0. The molecule has 154 valence electrons. The summed E-state index contributed by atoms with van der Waals surface area (Å²) in [5, 5.41) is 1.16. The fourth-order valence-corrected chi connectivity index (χ4v) is 4.79. The summed E-state index contributed by atoms with van der Waals surface area (Å²) in [6.07, 6.45) is 9.52. The lowest BCUT2D eigenvalue weighted by molar-refractivity contribution is -0.119. The van der Waals surface area contributed by atoms with E-state index in [4.69, 9.17) is 5.73 Å². The maximum absolute atomic E-state index is 12.4. The number of fused-ring (bicyclic) bond motifs is 1. The molecule has 1 heterocycles. The Morgan fingerprint density at radius 2 is 1.86 bits per heavy atom. The molecule has 2 N–H and O–H groups in total. The minimum absolute atomic E-state index is 0. The first kappa shape index (κ1) is 21.4. The van der Waals surface area contributed by atoms with Gasteiger partial charge in [-0.1, -0.05) is 67.3 Å². The van der Waals surface area contributed by atoms with Crippen LogP contribution in [0.2, 0.25) is 0 Å². The van der Waals surface area contributed by atoms with Gasteiger partial charge in [0.15, 0.2) is 0 Å².